The number of H-pyrrole nitrogens is 1. The van der Waals surface area contributed by atoms with E-state index in [1.54, 1.807) is 79.5 Å². The molecule has 11 rings (SSSR count). The van der Waals surface area contributed by atoms with Gasteiger partial charge in [0.1, 0.15) is 23.8 Å². The van der Waals surface area contributed by atoms with Crippen molar-refractivity contribution < 1.29 is 117 Å². The second-order valence-electron chi connectivity index (χ2n) is 33.3. The summed E-state index contributed by atoms with van der Waals surface area (Å²) in [5, 5.41) is 26.6. The van der Waals surface area contributed by atoms with Crippen molar-refractivity contribution in [2.24, 2.45) is 20.5 Å². The fraction of sp³-hybridized carbons (Fsp3) is 0.427. The molecule has 780 valence electrons. The number of anilines is 3. The van der Waals surface area contributed by atoms with Gasteiger partial charge in [0.25, 0.3) is 17.4 Å². The topological polar surface area (TPSA) is 539 Å². The lowest BCUT2D eigenvalue weighted by Gasteiger charge is -2.37. The highest BCUT2D eigenvalue weighted by Crippen LogP contribution is 2.57. The Morgan fingerprint density at radius 3 is 1.65 bits per heavy atom. The number of nitrogens with one attached hydrogen (secondary N) is 4. The van der Waals surface area contributed by atoms with Gasteiger partial charge < -0.3 is 96.6 Å². The minimum atomic E-state index is -4.19. The van der Waals surface area contributed by atoms with Crippen LogP contribution >= 0.6 is 53.3 Å². The summed E-state index contributed by atoms with van der Waals surface area (Å²) < 4.78 is 110. The van der Waals surface area contributed by atoms with Gasteiger partial charge in [0.05, 0.1) is 112 Å². The quantitative estimate of drug-likeness (QED) is 0.00334. The van der Waals surface area contributed by atoms with E-state index in [1.807, 2.05) is 154 Å². The van der Waals surface area contributed by atoms with E-state index in [2.05, 4.69) is 61.0 Å². The van der Waals surface area contributed by atoms with Crippen molar-refractivity contribution in [1.82, 2.24) is 40.5 Å². The van der Waals surface area contributed by atoms with Gasteiger partial charge in [0.2, 0.25) is 24.3 Å². The number of hydroxylamine groups is 2. The van der Waals surface area contributed by atoms with Gasteiger partial charge in [0, 0.05) is 139 Å². The number of amides is 4. The third-order valence-electron chi connectivity index (χ3n) is 22.2. The number of fused-ring (bicyclic) bond motifs is 1. The Balaban J connectivity index is 0.000000460. The van der Waals surface area contributed by atoms with Crippen molar-refractivity contribution in [3.8, 4) is 11.5 Å². The largest absolute Gasteiger partial charge is 0.497 e. The van der Waals surface area contributed by atoms with Crippen LogP contribution in [0.15, 0.2) is 206 Å². The molecular weight excluding hydrogens is 2010 g/mol. The van der Waals surface area contributed by atoms with Crippen LogP contribution in [0.1, 0.15) is 147 Å². The molecule has 2 aliphatic rings. The Bertz CT molecular complexity index is 6060. The summed E-state index contributed by atoms with van der Waals surface area (Å²) in [6.07, 6.45) is 4.62. The highest BCUT2D eigenvalue weighted by Gasteiger charge is 2.41. The fourth-order valence-electron chi connectivity index (χ4n) is 14.6. The molecule has 8 atom stereocenters. The van der Waals surface area contributed by atoms with E-state index in [4.69, 9.17) is 58.4 Å². The van der Waals surface area contributed by atoms with Crippen LogP contribution in [-0.4, -0.2) is 239 Å². The van der Waals surface area contributed by atoms with Gasteiger partial charge >= 0.3 is 28.2 Å². The minimum Gasteiger partial charge on any atom is -0.497 e. The van der Waals surface area contributed by atoms with Crippen LogP contribution in [0.5, 0.6) is 11.5 Å². The van der Waals surface area contributed by atoms with Gasteiger partial charge in [-0.2, -0.15) is 25.4 Å². The highest BCUT2D eigenvalue weighted by molar-refractivity contribution is 8.55. The van der Waals surface area contributed by atoms with Crippen LogP contribution in [0.2, 0.25) is 0 Å². The van der Waals surface area contributed by atoms with Crippen molar-refractivity contribution in [3.05, 3.63) is 226 Å². The Labute approximate surface area is 851 Å². The second-order valence-corrected chi connectivity index (χ2v) is 46.0. The molecule has 0 bridgehead atoms. The molecule has 0 saturated carbocycles. The molecule has 2 aromatic heterocycles. The van der Waals surface area contributed by atoms with E-state index >= 15 is 0 Å². The number of aromatic nitrogens is 4. The molecule has 2 aliphatic heterocycles. The number of ketones is 2. The summed E-state index contributed by atoms with van der Waals surface area (Å²) >= 11 is 1.09. The number of hydrogen-bond donors (Lipinski definition) is 8. The average Bonchev–Trinajstić information content (AvgIpc) is 1.34. The number of sulfone groups is 1. The Morgan fingerprint density at radius 2 is 1.14 bits per heavy atom. The average molecular weight is 2140 g/mol. The van der Waals surface area contributed by atoms with Gasteiger partial charge in [-0.25, -0.2) is 33.9 Å². The first-order valence-electron chi connectivity index (χ1n) is 46.5. The first kappa shape index (κ1) is 116. The molecule has 2 fully saturated rings. The summed E-state index contributed by atoms with van der Waals surface area (Å²) in [4.78, 5) is 154. The third kappa shape index (κ3) is 37.7. The van der Waals surface area contributed by atoms with Crippen molar-refractivity contribution in [3.63, 3.8) is 0 Å². The van der Waals surface area contributed by atoms with Crippen LogP contribution in [0, 0.1) is 6.57 Å². The van der Waals surface area contributed by atoms with Crippen molar-refractivity contribution in [1.29, 1.82) is 0 Å². The van der Waals surface area contributed by atoms with Gasteiger partial charge in [0.15, 0.2) is 40.9 Å². The highest BCUT2D eigenvalue weighted by atomic mass is 32.7. The molecule has 9 aromatic rings. The molecule has 0 spiro atoms. The number of nitrogen functional groups attached to an aromatic ring is 1. The molecule has 0 aliphatic carbocycles. The van der Waals surface area contributed by atoms with Crippen molar-refractivity contribution in [2.45, 2.75) is 138 Å². The molecule has 4 amide bonds. The lowest BCUT2D eigenvalue weighted by atomic mass is 9.76. The SMILES string of the molecule is CN(C)c1ccc(N=Nc2ccc(C(=O)CCCOP(=O)(O)SCCC(=O)ON3C(=O)CCC3=O)cc2)cc1.[C-]#[N+]CCCP(OCC(COP(O)OCCCCCCNC(c1ccc(OC)cc1)(c1ccc(OC)cc1)c1ccc(S(C)(=O)=O)cc1)NC(=O)CCNC(=O)CCSP(=O)(O)OCCCC(=O)c1ccc(N=Nc2ccc(N(C)C)cc2)cc1)OC[C@@H]1O[C@@H](n2cnc3c(=O)[nH]c(N)nc32)C[C@@H]1OCC. The molecule has 7 aromatic carbocycles. The number of imide groups is 1. The summed E-state index contributed by atoms with van der Waals surface area (Å²) in [5.41, 5.74) is 12.9. The predicted molar refractivity (Wildman–Crippen MR) is 552 cm³/mol. The third-order valence-corrected chi connectivity index (χ3v) is 31.8. The molecule has 9 N–H and O–H groups in total. The number of benzene rings is 7. The van der Waals surface area contributed by atoms with Crippen LogP contribution < -0.4 is 46.5 Å². The van der Waals surface area contributed by atoms with Gasteiger partial charge in [-0.1, -0.05) is 49.2 Å². The van der Waals surface area contributed by atoms with E-state index in [9.17, 15) is 70.6 Å². The maximum absolute atomic E-state index is 13.6. The maximum Gasteiger partial charge on any atom is 0.386 e. The van der Waals surface area contributed by atoms with E-state index in [-0.39, 0.29) is 156 Å². The van der Waals surface area contributed by atoms with Crippen molar-refractivity contribution >= 4 is 156 Å². The van der Waals surface area contributed by atoms with E-state index in [0.29, 0.717) is 112 Å². The number of nitrogens with zero attached hydrogens (tertiary/aromatic N) is 11. The van der Waals surface area contributed by atoms with E-state index < -0.39 is 106 Å². The number of imidazole rings is 1. The number of nitrogens with two attached hydrogens (primary N) is 1. The Morgan fingerprint density at radius 1 is 0.641 bits per heavy atom. The van der Waals surface area contributed by atoms with Gasteiger partial charge in [-0.3, -0.25) is 48.4 Å². The number of methoxy groups -OCH3 is 2. The summed E-state index contributed by atoms with van der Waals surface area (Å²) in [6, 6.07) is 49.8. The first-order valence-corrected chi connectivity index (χ1v) is 57.2. The lowest BCUT2D eigenvalue weighted by Crippen LogP contribution is -2.45. The smallest absolute Gasteiger partial charge is 0.386 e. The first-order chi connectivity index (χ1) is 69.5. The van der Waals surface area contributed by atoms with E-state index in [0.717, 1.165) is 47.3 Å². The van der Waals surface area contributed by atoms with Crippen LogP contribution in [0.3, 0.4) is 0 Å². The molecule has 4 heterocycles. The number of azo groups is 2. The summed E-state index contributed by atoms with van der Waals surface area (Å²) in [7, 11) is 3.31. The lowest BCUT2D eigenvalue weighted by molar-refractivity contribution is -0.197. The van der Waals surface area contributed by atoms with Crippen molar-refractivity contribution in [2.75, 3.05) is 148 Å². The predicted octanol–water partition coefficient (Wildman–Crippen LogP) is 16.2. The number of aromatic amines is 1. The molecule has 145 heavy (non-hydrogen) atoms. The summed E-state index contributed by atoms with van der Waals surface area (Å²) in [5.74, 6) is -2.37. The Hall–Kier alpha value is -11.0. The number of ether oxygens (including phenoxy) is 4. The molecule has 42 nitrogen and oxygen atoms in total. The number of carbonyl (C=O) groups is 7. The molecule has 49 heteroatoms. The Kier molecular flexibility index (Phi) is 46.7. The number of hydrogen-bond acceptors (Lipinski definition) is 36. The second kappa shape index (κ2) is 58.5. The zero-order valence-corrected chi connectivity index (χ0v) is 87.6. The normalized spacial score (nSPS) is 15.8. The molecular formula is C96H122N16O26P4S3. The fourth-order valence-corrected chi connectivity index (χ4v) is 22.0. The van der Waals surface area contributed by atoms with E-state index in [1.165, 1.54) is 12.6 Å². The van der Waals surface area contributed by atoms with Crippen LogP contribution in [0.4, 0.5) is 40.1 Å². The number of unbranched alkanes of at least 4 members (excludes halogenated alkanes) is 3. The molecule has 0 radical (unpaired) electrons. The maximum atomic E-state index is 13.6. The monoisotopic (exact) mass is 2130 g/mol. The zero-order chi connectivity index (χ0) is 104. The number of Topliss-reactive ketones (excluding diaryl/α,β-unsaturated/α-hetero) is 2. The standard InChI is InChI=1S/C71H93N12O18P3S2.C25H29N4O8PS/c1-8-95-62-45-66(83-49-75-67-68(83)78-70(72)79-69(67)87)101-63(62)48-98-102(43-14-38-73-2)97-46-56(77-65(86)36-40-74-64(85)37-44-105-104(89,90)100-42-13-15-61(84)50-16-24-54(25-17-50)80-81-55-26-28-57(29-27-55)82(3)4)47-99-103(88)96-41-12-10-9-11-39-76-71(51-18-30-58(93-5)31-19-51,52-20-32-59(94-6)33-21-52)53-22-34-60(35-23-53)106(7,91)92;1-28(2)21-11-9-20(10-12-21)27-26-19-7-5-18(6-8-19)22(30)4-3-16-36-38(34,35)39-17-15-25(33)37-29-23(31)13-14-24(29)32/h16-35,49,56,62-63,66,76,88H,8-15,36-48H2,1,3-7H3,(H,74,85)(H,77,86)(H,89,90)(H3,72,78,79,87);5-12H,3-4,13-17H2,1-2H3,(H,34,35)/t56?,62-,63-,66+,102?,103?;/m0./s1. The van der Waals surface area contributed by atoms with Gasteiger partial charge in [-0.15, -0.1) is 5.06 Å². The van der Waals surface area contributed by atoms with Crippen LogP contribution in [-0.2, 0) is 89.9 Å². The summed E-state index contributed by atoms with van der Waals surface area (Å²) in [6.45, 7) is 1.39. The van der Waals surface area contributed by atoms with Gasteiger partial charge in [-0.05, 0) is 212 Å². The number of carbonyl (C=O) groups excluding carboxylic acids is 7. The zero-order valence-electron chi connectivity index (χ0n) is 81.6. The molecule has 2 saturated heterocycles. The minimum absolute atomic E-state index is 0.00440. The molecule has 5 unspecified atom stereocenters. The number of rotatable bonds is 61. The van der Waals surface area contributed by atoms with Crippen LogP contribution in [0.25, 0.3) is 16.0 Å².